The van der Waals surface area contributed by atoms with Gasteiger partial charge in [0.2, 0.25) is 0 Å². The third-order valence-electron chi connectivity index (χ3n) is 4.56. The van der Waals surface area contributed by atoms with Gasteiger partial charge in [0, 0.05) is 12.0 Å². The molecule has 0 spiro atoms. The number of rotatable bonds is 7. The van der Waals surface area contributed by atoms with E-state index in [1.54, 1.807) is 38.1 Å². The SMILES string of the molecule is COc1oc([C@H](O)C/C(C)=C/C(C)=C/c2ccc(N(O)O)cc2)c(C)c(=O)c1C. The Hall–Kier alpha value is -2.87. The molecule has 0 aliphatic carbocycles. The Kier molecular flexibility index (Phi) is 7.39. The van der Waals surface area contributed by atoms with Crippen LogP contribution in [0, 0.1) is 13.8 Å². The molecule has 1 aromatic heterocycles. The van der Waals surface area contributed by atoms with Crippen LogP contribution in [0.3, 0.4) is 0 Å². The second kappa shape index (κ2) is 9.56. The van der Waals surface area contributed by atoms with Crippen molar-refractivity contribution in [1.29, 1.82) is 0 Å². The van der Waals surface area contributed by atoms with Gasteiger partial charge in [-0.3, -0.25) is 15.2 Å². The van der Waals surface area contributed by atoms with Crippen molar-refractivity contribution in [2.24, 2.45) is 0 Å². The standard InChI is InChI=1S/C22H27NO6/c1-13(11-17-6-8-18(9-7-17)23(26)27)10-14(2)12-19(24)21-15(3)20(25)16(4)22(28-5)29-21/h6-11,19,24,26-27H,12H2,1-5H3/b13-11+,14-10+/t19-/m1/s1. The summed E-state index contributed by atoms with van der Waals surface area (Å²) in [5.41, 5.74) is 3.56. The molecule has 29 heavy (non-hydrogen) atoms. The van der Waals surface area contributed by atoms with Gasteiger partial charge in [-0.2, -0.15) is 0 Å². The Morgan fingerprint density at radius 2 is 1.79 bits per heavy atom. The number of aliphatic hydroxyl groups is 1. The predicted octanol–water partition coefficient (Wildman–Crippen LogP) is 4.32. The fraction of sp³-hybridized carbons (Fsp3) is 0.318. The maximum atomic E-state index is 12.3. The number of nitrogens with zero attached hydrogens (tertiary/aromatic N) is 1. The molecule has 3 N–H and O–H groups in total. The van der Waals surface area contributed by atoms with E-state index in [4.69, 9.17) is 19.6 Å². The average Bonchev–Trinajstić information content (AvgIpc) is 2.66. The van der Waals surface area contributed by atoms with Crippen LogP contribution >= 0.6 is 0 Å². The number of hydrogen-bond donors (Lipinski definition) is 3. The van der Waals surface area contributed by atoms with E-state index in [9.17, 15) is 9.90 Å². The van der Waals surface area contributed by atoms with Gasteiger partial charge in [-0.15, -0.1) is 5.23 Å². The largest absolute Gasteiger partial charge is 0.468 e. The van der Waals surface area contributed by atoms with E-state index in [-0.39, 0.29) is 28.0 Å². The minimum Gasteiger partial charge on any atom is -0.468 e. The highest BCUT2D eigenvalue weighted by molar-refractivity contribution is 5.58. The first-order valence-corrected chi connectivity index (χ1v) is 9.13. The second-order valence-electron chi connectivity index (χ2n) is 7.02. The van der Waals surface area contributed by atoms with Crippen molar-refractivity contribution >= 4 is 11.8 Å². The fourth-order valence-corrected chi connectivity index (χ4v) is 3.11. The molecule has 2 aromatic rings. The maximum absolute atomic E-state index is 12.3. The molecule has 0 aliphatic heterocycles. The molecule has 0 saturated carbocycles. The number of ether oxygens (including phenoxy) is 1. The molecule has 7 heteroatoms. The van der Waals surface area contributed by atoms with Crippen molar-refractivity contribution in [3.8, 4) is 5.95 Å². The average molecular weight is 401 g/mol. The quantitative estimate of drug-likeness (QED) is 0.469. The highest BCUT2D eigenvalue weighted by Crippen LogP contribution is 2.28. The summed E-state index contributed by atoms with van der Waals surface area (Å²) in [6.07, 6.45) is 3.18. The van der Waals surface area contributed by atoms with Crippen molar-refractivity contribution in [3.05, 3.63) is 74.2 Å². The number of aliphatic hydroxyl groups excluding tert-OH is 1. The number of methoxy groups -OCH3 is 1. The normalized spacial score (nSPS) is 13.4. The second-order valence-corrected chi connectivity index (χ2v) is 7.02. The zero-order valence-electron chi connectivity index (χ0n) is 17.3. The van der Waals surface area contributed by atoms with E-state index in [0.29, 0.717) is 17.5 Å². The summed E-state index contributed by atoms with van der Waals surface area (Å²) in [6, 6.07) is 6.67. The van der Waals surface area contributed by atoms with Crippen molar-refractivity contribution in [2.45, 2.75) is 40.2 Å². The Bertz CT molecular complexity index is 970. The maximum Gasteiger partial charge on any atom is 0.291 e. The number of benzene rings is 1. The molecule has 0 fully saturated rings. The molecule has 0 radical (unpaired) electrons. The predicted molar refractivity (Wildman–Crippen MR) is 110 cm³/mol. The van der Waals surface area contributed by atoms with Crippen LogP contribution in [0.4, 0.5) is 5.69 Å². The monoisotopic (exact) mass is 401 g/mol. The third kappa shape index (κ3) is 5.57. The van der Waals surface area contributed by atoms with Gasteiger partial charge in [-0.25, -0.2) is 0 Å². The number of anilines is 1. The Morgan fingerprint density at radius 3 is 2.34 bits per heavy atom. The Labute approximate surface area is 169 Å². The lowest BCUT2D eigenvalue weighted by atomic mass is 10.0. The van der Waals surface area contributed by atoms with Crippen molar-refractivity contribution in [1.82, 2.24) is 0 Å². The van der Waals surface area contributed by atoms with Gasteiger partial charge in [0.15, 0.2) is 5.43 Å². The summed E-state index contributed by atoms with van der Waals surface area (Å²) in [5, 5.41) is 28.6. The zero-order chi connectivity index (χ0) is 21.7. The summed E-state index contributed by atoms with van der Waals surface area (Å²) >= 11 is 0. The molecular weight excluding hydrogens is 374 g/mol. The smallest absolute Gasteiger partial charge is 0.291 e. The van der Waals surface area contributed by atoms with Gasteiger partial charge in [0.25, 0.3) is 5.95 Å². The summed E-state index contributed by atoms with van der Waals surface area (Å²) in [4.78, 5) is 12.3. The lowest BCUT2D eigenvalue weighted by Gasteiger charge is -2.15. The van der Waals surface area contributed by atoms with Crippen LogP contribution in [0.5, 0.6) is 5.95 Å². The molecule has 1 atom stereocenters. The highest BCUT2D eigenvalue weighted by Gasteiger charge is 2.20. The number of hydrogen-bond acceptors (Lipinski definition) is 7. The lowest BCUT2D eigenvalue weighted by Crippen LogP contribution is -2.15. The number of allylic oxidation sites excluding steroid dienone is 2. The van der Waals surface area contributed by atoms with Crippen LogP contribution in [0.1, 0.15) is 48.8 Å². The molecule has 7 nitrogen and oxygen atoms in total. The molecule has 156 valence electrons. The van der Waals surface area contributed by atoms with Crippen LogP contribution in [0.25, 0.3) is 6.08 Å². The van der Waals surface area contributed by atoms with Crippen LogP contribution in [-0.2, 0) is 0 Å². The van der Waals surface area contributed by atoms with Crippen LogP contribution in [0.15, 0.2) is 50.7 Å². The first-order valence-electron chi connectivity index (χ1n) is 9.13. The highest BCUT2D eigenvalue weighted by atomic mass is 16.8. The molecule has 1 heterocycles. The first kappa shape index (κ1) is 22.4. The van der Waals surface area contributed by atoms with E-state index in [2.05, 4.69) is 0 Å². The van der Waals surface area contributed by atoms with Gasteiger partial charge in [-0.05, 0) is 45.4 Å². The van der Waals surface area contributed by atoms with E-state index in [1.165, 1.54) is 7.11 Å². The molecule has 0 aliphatic rings. The summed E-state index contributed by atoms with van der Waals surface area (Å²) < 4.78 is 10.7. The van der Waals surface area contributed by atoms with Gasteiger partial charge in [-0.1, -0.05) is 35.4 Å². The van der Waals surface area contributed by atoms with E-state index in [1.807, 2.05) is 26.0 Å². The molecule has 2 rings (SSSR count). The van der Waals surface area contributed by atoms with Gasteiger partial charge < -0.3 is 14.3 Å². The van der Waals surface area contributed by atoms with Crippen LogP contribution in [-0.4, -0.2) is 22.6 Å². The lowest BCUT2D eigenvalue weighted by molar-refractivity contribution is 0.0291. The van der Waals surface area contributed by atoms with Gasteiger partial charge in [0.1, 0.15) is 11.9 Å². The topological polar surface area (TPSA) is 103 Å². The van der Waals surface area contributed by atoms with Gasteiger partial charge >= 0.3 is 0 Å². The van der Waals surface area contributed by atoms with Crippen molar-refractivity contribution in [3.63, 3.8) is 0 Å². The van der Waals surface area contributed by atoms with E-state index < -0.39 is 6.10 Å². The molecule has 1 aromatic carbocycles. The van der Waals surface area contributed by atoms with Crippen molar-refractivity contribution in [2.75, 3.05) is 12.3 Å². The van der Waals surface area contributed by atoms with Crippen LogP contribution in [0.2, 0.25) is 0 Å². The molecule has 0 saturated heterocycles. The molecular formula is C22H27NO6. The minimum absolute atomic E-state index is 0.0617. The molecule has 0 bridgehead atoms. The van der Waals surface area contributed by atoms with E-state index >= 15 is 0 Å². The summed E-state index contributed by atoms with van der Waals surface area (Å²) in [6.45, 7) is 7.06. The first-order chi connectivity index (χ1) is 13.6. The minimum atomic E-state index is -0.972. The third-order valence-corrected chi connectivity index (χ3v) is 4.56. The molecule has 0 amide bonds. The van der Waals surface area contributed by atoms with E-state index in [0.717, 1.165) is 16.7 Å². The summed E-state index contributed by atoms with van der Waals surface area (Å²) in [5.74, 6) is 0.320. The Balaban J connectivity index is 2.18. The summed E-state index contributed by atoms with van der Waals surface area (Å²) in [7, 11) is 1.42. The van der Waals surface area contributed by atoms with Crippen LogP contribution < -0.4 is 15.4 Å². The molecule has 0 unspecified atom stereocenters. The fourth-order valence-electron chi connectivity index (χ4n) is 3.11. The van der Waals surface area contributed by atoms with Crippen molar-refractivity contribution < 1.29 is 24.7 Å². The van der Waals surface area contributed by atoms with Gasteiger partial charge in [0.05, 0.1) is 18.4 Å². The zero-order valence-corrected chi connectivity index (χ0v) is 17.3. The Morgan fingerprint density at radius 1 is 1.17 bits per heavy atom.